The summed E-state index contributed by atoms with van der Waals surface area (Å²) < 4.78 is 0. The number of hydrogen-bond acceptors (Lipinski definition) is 2. The summed E-state index contributed by atoms with van der Waals surface area (Å²) in [5.41, 5.74) is 2.48. The average Bonchev–Trinajstić information content (AvgIpc) is 2.70. The third-order valence-electron chi connectivity index (χ3n) is 2.71. The number of para-hydroxylation sites is 1. The fourth-order valence-corrected chi connectivity index (χ4v) is 1.95. The Bertz CT molecular complexity index is 434. The highest BCUT2D eigenvalue weighted by Crippen LogP contribution is 2.26. The molecule has 1 aliphatic rings. The maximum Gasteiger partial charge on any atom is 0.240 e. The summed E-state index contributed by atoms with van der Waals surface area (Å²) in [5.74, 6) is 2.37. The van der Waals surface area contributed by atoms with Crippen molar-refractivity contribution in [2.45, 2.75) is 6.42 Å². The lowest BCUT2D eigenvalue weighted by molar-refractivity contribution is -0.119. The van der Waals surface area contributed by atoms with Crippen LogP contribution in [0.2, 0.25) is 0 Å². The quantitative estimate of drug-likeness (QED) is 0.755. The van der Waals surface area contributed by atoms with Gasteiger partial charge in [0.25, 0.3) is 0 Å². The van der Waals surface area contributed by atoms with Gasteiger partial charge in [0, 0.05) is 12.2 Å². The molecule has 0 saturated heterocycles. The molecule has 1 aromatic carbocycles. The van der Waals surface area contributed by atoms with Gasteiger partial charge in [-0.05, 0) is 18.1 Å². The van der Waals surface area contributed by atoms with Crippen LogP contribution in [0.15, 0.2) is 24.3 Å². The molecule has 0 saturated carbocycles. The Morgan fingerprint density at radius 2 is 2.31 bits per heavy atom. The van der Waals surface area contributed by atoms with Crippen LogP contribution in [0.4, 0.5) is 5.69 Å². The van der Waals surface area contributed by atoms with Gasteiger partial charge in [-0.2, -0.15) is 0 Å². The molecule has 3 heteroatoms. The topological polar surface area (TPSA) is 32.3 Å². The Kier molecular flexibility index (Phi) is 3.11. The van der Waals surface area contributed by atoms with E-state index in [4.69, 9.17) is 6.42 Å². The van der Waals surface area contributed by atoms with E-state index in [2.05, 4.69) is 28.3 Å². The second-order valence-electron chi connectivity index (χ2n) is 3.78. The standard InChI is InChI=1S/C13H14N2O/c1-2-8-14-13(16)10-15-9-7-11-5-3-4-6-12(11)15/h1,3-6H,7-10H2,(H,14,16). The number of nitrogens with one attached hydrogen (secondary N) is 1. The first-order valence-electron chi connectivity index (χ1n) is 5.34. The number of fused-ring (bicyclic) bond motifs is 1. The lowest BCUT2D eigenvalue weighted by Crippen LogP contribution is -2.36. The first-order valence-corrected chi connectivity index (χ1v) is 5.34. The summed E-state index contributed by atoms with van der Waals surface area (Å²) in [6, 6.07) is 8.18. The van der Waals surface area contributed by atoms with Crippen molar-refractivity contribution < 1.29 is 4.79 Å². The number of terminal acetylenes is 1. The largest absolute Gasteiger partial charge is 0.362 e. The monoisotopic (exact) mass is 214 g/mol. The van der Waals surface area contributed by atoms with E-state index in [1.54, 1.807) is 0 Å². The molecule has 0 radical (unpaired) electrons. The molecule has 1 aromatic rings. The lowest BCUT2D eigenvalue weighted by Gasteiger charge is -2.18. The zero-order valence-electron chi connectivity index (χ0n) is 9.07. The number of nitrogens with zero attached hydrogens (tertiary/aromatic N) is 1. The molecule has 1 heterocycles. The normalized spacial score (nSPS) is 13.1. The van der Waals surface area contributed by atoms with Gasteiger partial charge in [0.2, 0.25) is 5.91 Å². The van der Waals surface area contributed by atoms with E-state index in [9.17, 15) is 4.79 Å². The third-order valence-corrected chi connectivity index (χ3v) is 2.71. The number of amides is 1. The molecular weight excluding hydrogens is 200 g/mol. The van der Waals surface area contributed by atoms with Crippen molar-refractivity contribution in [1.82, 2.24) is 5.32 Å². The predicted octanol–water partition coefficient (Wildman–Crippen LogP) is 0.798. The Hall–Kier alpha value is -1.95. The first-order chi connectivity index (χ1) is 7.81. The average molecular weight is 214 g/mol. The maximum absolute atomic E-state index is 11.5. The Balaban J connectivity index is 1.98. The number of carbonyl (C=O) groups excluding carboxylic acids is 1. The van der Waals surface area contributed by atoms with E-state index in [1.807, 2.05) is 12.1 Å². The van der Waals surface area contributed by atoms with Gasteiger partial charge in [0.1, 0.15) is 0 Å². The Morgan fingerprint density at radius 3 is 3.12 bits per heavy atom. The molecule has 0 unspecified atom stereocenters. The van der Waals surface area contributed by atoms with Crippen molar-refractivity contribution in [3.63, 3.8) is 0 Å². The molecule has 0 bridgehead atoms. The van der Waals surface area contributed by atoms with Crippen LogP contribution in [0.5, 0.6) is 0 Å². The summed E-state index contributed by atoms with van der Waals surface area (Å²) in [4.78, 5) is 13.6. The molecule has 82 valence electrons. The second-order valence-corrected chi connectivity index (χ2v) is 3.78. The van der Waals surface area contributed by atoms with Gasteiger partial charge in [0.05, 0.1) is 13.1 Å². The van der Waals surface area contributed by atoms with E-state index in [1.165, 1.54) is 11.3 Å². The molecule has 0 aromatic heterocycles. The highest BCUT2D eigenvalue weighted by molar-refractivity contribution is 5.82. The molecular formula is C13H14N2O. The summed E-state index contributed by atoms with van der Waals surface area (Å²) in [6.07, 6.45) is 6.10. The van der Waals surface area contributed by atoms with Gasteiger partial charge >= 0.3 is 0 Å². The number of anilines is 1. The fourth-order valence-electron chi connectivity index (χ4n) is 1.95. The van der Waals surface area contributed by atoms with Crippen molar-refractivity contribution in [3.05, 3.63) is 29.8 Å². The summed E-state index contributed by atoms with van der Waals surface area (Å²) in [5, 5.41) is 2.67. The van der Waals surface area contributed by atoms with Crippen molar-refractivity contribution in [2.75, 3.05) is 24.5 Å². The van der Waals surface area contributed by atoms with Crippen LogP contribution < -0.4 is 10.2 Å². The van der Waals surface area contributed by atoms with Gasteiger partial charge in [-0.3, -0.25) is 4.79 Å². The van der Waals surface area contributed by atoms with Crippen molar-refractivity contribution in [1.29, 1.82) is 0 Å². The van der Waals surface area contributed by atoms with Gasteiger partial charge in [0.15, 0.2) is 0 Å². The molecule has 2 rings (SSSR count). The third kappa shape index (κ3) is 2.17. The SMILES string of the molecule is C#CCNC(=O)CN1CCc2ccccc21. The van der Waals surface area contributed by atoms with E-state index in [0.717, 1.165) is 13.0 Å². The molecule has 1 aliphatic heterocycles. The van der Waals surface area contributed by atoms with E-state index in [-0.39, 0.29) is 5.91 Å². The van der Waals surface area contributed by atoms with Gasteiger partial charge in [-0.1, -0.05) is 24.1 Å². The Morgan fingerprint density at radius 1 is 1.50 bits per heavy atom. The van der Waals surface area contributed by atoms with Crippen molar-refractivity contribution >= 4 is 11.6 Å². The van der Waals surface area contributed by atoms with E-state index >= 15 is 0 Å². The van der Waals surface area contributed by atoms with Crippen LogP contribution in [-0.4, -0.2) is 25.5 Å². The number of hydrogen-bond donors (Lipinski definition) is 1. The molecule has 0 spiro atoms. The molecule has 0 fully saturated rings. The van der Waals surface area contributed by atoms with E-state index in [0.29, 0.717) is 13.1 Å². The zero-order chi connectivity index (χ0) is 11.4. The minimum Gasteiger partial charge on any atom is -0.362 e. The minimum atomic E-state index is -0.0188. The summed E-state index contributed by atoms with van der Waals surface area (Å²) in [6.45, 7) is 1.59. The van der Waals surface area contributed by atoms with Crippen LogP contribution in [0, 0.1) is 12.3 Å². The van der Waals surface area contributed by atoms with Crippen LogP contribution in [0.1, 0.15) is 5.56 Å². The van der Waals surface area contributed by atoms with Crippen molar-refractivity contribution in [3.8, 4) is 12.3 Å². The number of benzene rings is 1. The van der Waals surface area contributed by atoms with Crippen LogP contribution >= 0.6 is 0 Å². The highest BCUT2D eigenvalue weighted by Gasteiger charge is 2.19. The van der Waals surface area contributed by atoms with Gasteiger partial charge in [-0.25, -0.2) is 0 Å². The van der Waals surface area contributed by atoms with Gasteiger partial charge < -0.3 is 10.2 Å². The number of carbonyl (C=O) groups is 1. The maximum atomic E-state index is 11.5. The second kappa shape index (κ2) is 4.71. The van der Waals surface area contributed by atoms with Gasteiger partial charge in [-0.15, -0.1) is 6.42 Å². The van der Waals surface area contributed by atoms with Crippen molar-refractivity contribution in [2.24, 2.45) is 0 Å². The van der Waals surface area contributed by atoms with Crippen LogP contribution in [-0.2, 0) is 11.2 Å². The zero-order valence-corrected chi connectivity index (χ0v) is 9.07. The molecule has 0 aliphatic carbocycles. The molecule has 16 heavy (non-hydrogen) atoms. The molecule has 1 amide bonds. The molecule has 1 N–H and O–H groups in total. The summed E-state index contributed by atoms with van der Waals surface area (Å²) in [7, 11) is 0. The number of rotatable bonds is 3. The van der Waals surface area contributed by atoms with Crippen LogP contribution in [0.25, 0.3) is 0 Å². The smallest absolute Gasteiger partial charge is 0.240 e. The molecule has 0 atom stereocenters. The minimum absolute atomic E-state index is 0.0188. The first kappa shape index (κ1) is 10.6. The highest BCUT2D eigenvalue weighted by atomic mass is 16.2. The van der Waals surface area contributed by atoms with E-state index < -0.39 is 0 Å². The lowest BCUT2D eigenvalue weighted by atomic mass is 10.2. The fraction of sp³-hybridized carbons (Fsp3) is 0.308. The van der Waals surface area contributed by atoms with Crippen LogP contribution in [0.3, 0.4) is 0 Å². The Labute approximate surface area is 95.5 Å². The predicted molar refractivity (Wildman–Crippen MR) is 64.2 cm³/mol. The summed E-state index contributed by atoms with van der Waals surface area (Å²) >= 11 is 0. The molecule has 3 nitrogen and oxygen atoms in total.